The molecule has 2 aliphatic carbocycles. The summed E-state index contributed by atoms with van der Waals surface area (Å²) in [7, 11) is 0. The van der Waals surface area contributed by atoms with Crippen LogP contribution in [0, 0.1) is 12.7 Å². The van der Waals surface area contributed by atoms with Gasteiger partial charge < -0.3 is 20.5 Å². The third kappa shape index (κ3) is 8.74. The van der Waals surface area contributed by atoms with Crippen LogP contribution >= 0.6 is 39.1 Å². The van der Waals surface area contributed by atoms with Gasteiger partial charge in [0.25, 0.3) is 24.6 Å². The van der Waals surface area contributed by atoms with E-state index in [4.69, 9.17) is 43.7 Å². The second-order valence-corrected chi connectivity index (χ2v) is 15.1. The van der Waals surface area contributed by atoms with Gasteiger partial charge in [-0.15, -0.1) is 0 Å². The molecule has 0 aliphatic heterocycles. The molecule has 22 heteroatoms. The summed E-state index contributed by atoms with van der Waals surface area (Å²) in [5.74, 6) is -1.47. The van der Waals surface area contributed by atoms with Crippen LogP contribution in [-0.4, -0.2) is 51.7 Å². The zero-order valence-corrected chi connectivity index (χ0v) is 34.4. The second-order valence-electron chi connectivity index (χ2n) is 13.4. The first-order valence-corrected chi connectivity index (χ1v) is 19.5. The van der Waals surface area contributed by atoms with E-state index in [-0.39, 0.29) is 34.0 Å². The number of carbonyl (C=O) groups excluding carboxylic acids is 2. The number of amides is 2. The van der Waals surface area contributed by atoms with E-state index in [2.05, 4.69) is 46.4 Å². The molecule has 312 valence electrons. The molecule has 2 saturated carbocycles. The lowest BCUT2D eigenvalue weighted by Crippen LogP contribution is -2.21. The van der Waals surface area contributed by atoms with Crippen molar-refractivity contribution >= 4 is 50.9 Å². The lowest BCUT2D eigenvalue weighted by Gasteiger charge is -2.16. The van der Waals surface area contributed by atoms with E-state index in [0.717, 1.165) is 45.5 Å². The van der Waals surface area contributed by atoms with Crippen LogP contribution < -0.4 is 11.5 Å². The zero-order chi connectivity index (χ0) is 43.0. The first kappa shape index (κ1) is 43.4. The summed E-state index contributed by atoms with van der Waals surface area (Å²) in [4.78, 5) is 30.9. The molecule has 6 aromatic rings. The molecule has 2 amide bonds. The van der Waals surface area contributed by atoms with Crippen molar-refractivity contribution in [3.8, 4) is 23.2 Å². The summed E-state index contributed by atoms with van der Waals surface area (Å²) in [6, 6.07) is 10.3. The first-order chi connectivity index (χ1) is 28.0. The molecule has 0 bridgehead atoms. The Hall–Kier alpha value is -5.21. The number of rotatable bonds is 12. The molecule has 8 rings (SSSR count). The van der Waals surface area contributed by atoms with Gasteiger partial charge in [0.05, 0.1) is 10.8 Å². The number of aryl methyl sites for hydroxylation is 1. The molecule has 4 heterocycles. The van der Waals surface area contributed by atoms with Gasteiger partial charge in [-0.1, -0.05) is 75.4 Å². The number of carbonyl (C=O) groups is 2. The minimum absolute atomic E-state index is 0.00361. The highest BCUT2D eigenvalue weighted by molar-refractivity contribution is 9.10. The Morgan fingerprint density at radius 2 is 1.24 bits per heavy atom. The number of nitrogens with zero attached hydrogens (tertiary/aromatic N) is 8. The fourth-order valence-corrected chi connectivity index (χ4v) is 8.39. The largest absolute Gasteiger partial charge is 0.368 e. The number of halogens is 8. The Labute approximate surface area is 350 Å². The van der Waals surface area contributed by atoms with Gasteiger partial charge >= 0.3 is 0 Å². The maximum Gasteiger partial charge on any atom is 0.280 e. The average molecular weight is 929 g/mol. The summed E-state index contributed by atoms with van der Waals surface area (Å²) < 4.78 is 79.1. The molecule has 0 atom stereocenters. The Balaban J connectivity index is 0.000000191. The van der Waals surface area contributed by atoms with E-state index >= 15 is 0 Å². The van der Waals surface area contributed by atoms with Crippen molar-refractivity contribution in [2.75, 3.05) is 0 Å². The SMILES string of the molecule is CC.Cc1cccc(Cl)c1C1(c2noc(-c3cc(C(F)F)n(CC(N)=O)n3)n2)CC1.NC(=O)Cn1nc(-c2nc(C3(c4c(Cl)cc(F)cc4Br)CC3)no2)cc1C(F)F. The molecule has 59 heavy (non-hydrogen) atoms. The van der Waals surface area contributed by atoms with Crippen molar-refractivity contribution in [3.05, 3.63) is 103 Å². The number of primary amides is 2. The number of aromatic nitrogens is 8. The Kier molecular flexibility index (Phi) is 12.6. The number of benzene rings is 2. The van der Waals surface area contributed by atoms with Gasteiger partial charge in [0.2, 0.25) is 11.8 Å². The van der Waals surface area contributed by atoms with Crippen LogP contribution in [0.25, 0.3) is 23.2 Å². The van der Waals surface area contributed by atoms with Crippen molar-refractivity contribution in [2.45, 2.75) is 83.2 Å². The minimum Gasteiger partial charge on any atom is -0.368 e. The minimum atomic E-state index is -2.87. The predicted molar refractivity (Wildman–Crippen MR) is 206 cm³/mol. The summed E-state index contributed by atoms with van der Waals surface area (Å²) in [6.45, 7) is 4.98. The van der Waals surface area contributed by atoms with Crippen LogP contribution in [0.15, 0.2) is 56.0 Å². The normalized spacial score (nSPS) is 14.7. The first-order valence-electron chi connectivity index (χ1n) is 17.9. The van der Waals surface area contributed by atoms with Gasteiger partial charge in [-0.05, 0) is 79.6 Å². The van der Waals surface area contributed by atoms with E-state index in [1.807, 2.05) is 39.0 Å². The fraction of sp³-hybridized carbons (Fsp3) is 0.351. The van der Waals surface area contributed by atoms with Crippen molar-refractivity contribution in [3.63, 3.8) is 0 Å². The standard InChI is InChI=1S/C18H16ClF2N5O2.C17H12BrClF3N5O2.C2H6/c1-9-3-2-4-10(19)14(9)18(5-6-18)17-23-16(28-25-17)11-7-12(15(20)21)26(24-11)8-13(22)27;18-8-3-7(20)4-9(19)13(8)17(1-2-17)16-24-15(29-26-16)10-5-11(14(21)22)27(25-10)6-12(23)28;1-2/h2-4,7,15H,5-6,8H2,1H3,(H2,22,27);3-5,14H,1-2,6H2,(H2,23,28);1-2H3. The van der Waals surface area contributed by atoms with Gasteiger partial charge in [0.1, 0.15) is 30.3 Å². The molecule has 0 unspecified atom stereocenters. The molecular formula is C37H34BrCl2F5N10O4. The Bertz CT molecular complexity index is 2470. The lowest BCUT2D eigenvalue weighted by molar-refractivity contribution is -0.119. The van der Waals surface area contributed by atoms with Crippen LogP contribution in [0.5, 0.6) is 0 Å². The predicted octanol–water partition coefficient (Wildman–Crippen LogP) is 8.41. The highest BCUT2D eigenvalue weighted by Crippen LogP contribution is 2.57. The summed E-state index contributed by atoms with van der Waals surface area (Å²) >= 11 is 16.0. The third-order valence-corrected chi connectivity index (χ3v) is 10.8. The van der Waals surface area contributed by atoms with Crippen molar-refractivity contribution in [2.24, 2.45) is 11.5 Å². The number of hydrogen-bond donors (Lipinski definition) is 2. The maximum absolute atomic E-state index is 13.6. The molecule has 2 aromatic carbocycles. The van der Waals surface area contributed by atoms with Crippen molar-refractivity contribution < 1.29 is 40.6 Å². The van der Waals surface area contributed by atoms with Gasteiger partial charge in [-0.2, -0.15) is 20.2 Å². The summed E-state index contributed by atoms with van der Waals surface area (Å²) in [6.07, 6.45) is -2.81. The van der Waals surface area contributed by atoms with Gasteiger partial charge in [-0.3, -0.25) is 19.0 Å². The molecule has 0 saturated heterocycles. The summed E-state index contributed by atoms with van der Waals surface area (Å²) in [5.41, 5.74) is 10.7. The van der Waals surface area contributed by atoms with E-state index in [1.54, 1.807) is 0 Å². The smallest absolute Gasteiger partial charge is 0.280 e. The molecule has 0 spiro atoms. The highest BCUT2D eigenvalue weighted by Gasteiger charge is 2.53. The van der Waals surface area contributed by atoms with E-state index in [9.17, 15) is 31.5 Å². The molecule has 2 fully saturated rings. The van der Waals surface area contributed by atoms with E-state index < -0.39 is 65.8 Å². The Morgan fingerprint density at radius 3 is 1.63 bits per heavy atom. The van der Waals surface area contributed by atoms with Crippen LogP contribution in [0.4, 0.5) is 22.0 Å². The van der Waals surface area contributed by atoms with Crippen molar-refractivity contribution in [1.82, 2.24) is 39.8 Å². The molecule has 4 aromatic heterocycles. The van der Waals surface area contributed by atoms with Gasteiger partial charge in [0.15, 0.2) is 23.0 Å². The average Bonchev–Trinajstić information content (AvgIpc) is 3.78. The molecule has 0 radical (unpaired) electrons. The summed E-state index contributed by atoms with van der Waals surface area (Å²) in [5, 5.41) is 16.8. The van der Waals surface area contributed by atoms with Crippen LogP contribution in [0.1, 0.15) is 92.1 Å². The van der Waals surface area contributed by atoms with E-state index in [1.165, 1.54) is 12.1 Å². The maximum atomic E-state index is 13.6. The van der Waals surface area contributed by atoms with Gasteiger partial charge in [0, 0.05) is 14.5 Å². The Morgan fingerprint density at radius 1 is 0.780 bits per heavy atom. The molecule has 4 N–H and O–H groups in total. The fourth-order valence-electron chi connectivity index (χ4n) is 6.67. The lowest BCUT2D eigenvalue weighted by atomic mass is 9.91. The highest BCUT2D eigenvalue weighted by atomic mass is 79.9. The topological polar surface area (TPSA) is 200 Å². The number of nitrogens with two attached hydrogens (primary N) is 2. The molecular weight excluding hydrogens is 894 g/mol. The van der Waals surface area contributed by atoms with Crippen LogP contribution in [0.2, 0.25) is 10.0 Å². The quantitative estimate of drug-likeness (QED) is 0.112. The van der Waals surface area contributed by atoms with Gasteiger partial charge in [-0.25, -0.2) is 22.0 Å². The second kappa shape index (κ2) is 17.2. The molecule has 2 aliphatic rings. The van der Waals surface area contributed by atoms with E-state index in [0.29, 0.717) is 33.7 Å². The van der Waals surface area contributed by atoms with Crippen molar-refractivity contribution in [1.29, 1.82) is 0 Å². The monoisotopic (exact) mass is 926 g/mol. The number of alkyl halides is 4. The third-order valence-electron chi connectivity index (χ3n) is 9.51. The zero-order valence-electron chi connectivity index (χ0n) is 31.3. The van der Waals surface area contributed by atoms with Crippen LogP contribution in [-0.2, 0) is 33.5 Å². The van der Waals surface area contributed by atoms with Crippen LogP contribution in [0.3, 0.4) is 0 Å². The molecule has 14 nitrogen and oxygen atoms in total. The number of hydrogen-bond acceptors (Lipinski definition) is 10.